The first-order chi connectivity index (χ1) is 10.2. The van der Waals surface area contributed by atoms with E-state index in [1.807, 2.05) is 18.7 Å². The number of carboxylic acids is 1. The normalized spacial score (nSPS) is 32.0. The van der Waals surface area contributed by atoms with Crippen LogP contribution in [0.15, 0.2) is 11.0 Å². The number of carboxylic acid groups (broad SMARTS) is 1. The fourth-order valence-corrected chi connectivity index (χ4v) is 6.98. The van der Waals surface area contributed by atoms with Gasteiger partial charge in [0.1, 0.15) is 6.04 Å². The lowest BCUT2D eigenvalue weighted by molar-refractivity contribution is -0.141. The molecule has 0 bridgehead atoms. The zero-order chi connectivity index (χ0) is 14.8. The predicted molar refractivity (Wildman–Crippen MR) is 90.5 cm³/mol. The molecule has 2 heterocycles. The molecule has 3 nitrogen and oxygen atoms in total. The van der Waals surface area contributed by atoms with Crippen LogP contribution in [0, 0.1) is 5.92 Å². The molecule has 3 unspecified atom stereocenters. The number of hydrogen-bond donors (Lipinski definition) is 1. The summed E-state index contributed by atoms with van der Waals surface area (Å²) in [6.07, 6.45) is 11.4. The van der Waals surface area contributed by atoms with Gasteiger partial charge in [0.25, 0.3) is 0 Å². The minimum absolute atomic E-state index is 0.323. The first-order valence-electron chi connectivity index (χ1n) is 8.21. The highest BCUT2D eigenvalue weighted by atomic mass is 32.2. The largest absolute Gasteiger partial charge is 0.480 e. The number of rotatable bonds is 5. The van der Waals surface area contributed by atoms with Crippen LogP contribution in [0.25, 0.3) is 0 Å². The van der Waals surface area contributed by atoms with Gasteiger partial charge in [0.2, 0.25) is 0 Å². The number of thioether (sulfide) groups is 1. The summed E-state index contributed by atoms with van der Waals surface area (Å²) < 4.78 is 2.10. The van der Waals surface area contributed by atoms with Gasteiger partial charge in [0.05, 0.1) is 5.25 Å². The summed E-state index contributed by atoms with van der Waals surface area (Å²) in [5.74, 6) is 0.223. The van der Waals surface area contributed by atoms with Crippen molar-refractivity contribution in [2.75, 3.05) is 6.54 Å². The molecule has 0 aromatic carbocycles. The lowest BCUT2D eigenvalue weighted by Gasteiger charge is -2.23. The van der Waals surface area contributed by atoms with Gasteiger partial charge in [-0.25, -0.2) is 4.31 Å². The Morgan fingerprint density at radius 3 is 2.81 bits per heavy atom. The van der Waals surface area contributed by atoms with Crippen LogP contribution >= 0.6 is 23.7 Å². The fourth-order valence-electron chi connectivity index (χ4n) is 3.70. The second-order valence-electron chi connectivity index (χ2n) is 6.43. The molecule has 1 N–H and O–H groups in total. The molecule has 2 fully saturated rings. The van der Waals surface area contributed by atoms with Crippen molar-refractivity contribution >= 4 is 29.7 Å². The van der Waals surface area contributed by atoms with E-state index >= 15 is 0 Å². The molecule has 0 spiro atoms. The van der Waals surface area contributed by atoms with Crippen LogP contribution in [0.1, 0.15) is 51.9 Å². The highest BCUT2D eigenvalue weighted by Crippen LogP contribution is 2.49. The zero-order valence-corrected chi connectivity index (χ0v) is 14.3. The average Bonchev–Trinajstić information content (AvgIpc) is 2.98. The first kappa shape index (κ1) is 15.8. The molecule has 0 aromatic heterocycles. The maximum atomic E-state index is 11.3. The minimum atomic E-state index is -0.679. The van der Waals surface area contributed by atoms with Gasteiger partial charge in [0.15, 0.2) is 0 Å². The van der Waals surface area contributed by atoms with Crippen LogP contribution < -0.4 is 0 Å². The Hall–Kier alpha value is -0.130. The number of nitrogens with zero attached hydrogens (tertiary/aromatic N) is 1. The second-order valence-corrected chi connectivity index (χ2v) is 9.02. The Bertz CT molecular complexity index is 421. The number of aliphatic carboxylic acids is 1. The molecular weight excluding hydrogens is 302 g/mol. The van der Waals surface area contributed by atoms with Crippen molar-refractivity contribution in [3.05, 3.63) is 11.0 Å². The van der Waals surface area contributed by atoms with Crippen LogP contribution in [0.5, 0.6) is 0 Å². The highest BCUT2D eigenvalue weighted by Gasteiger charge is 2.42. The summed E-state index contributed by atoms with van der Waals surface area (Å²) in [5.41, 5.74) is 0. The fraction of sp³-hybridized carbons (Fsp3) is 0.812. The monoisotopic (exact) mass is 327 g/mol. The Kier molecular flexibility index (Phi) is 5.23. The molecule has 3 rings (SSSR count). The van der Waals surface area contributed by atoms with Crippen molar-refractivity contribution < 1.29 is 9.90 Å². The van der Waals surface area contributed by atoms with E-state index < -0.39 is 5.97 Å². The maximum Gasteiger partial charge on any atom is 0.321 e. The van der Waals surface area contributed by atoms with Gasteiger partial charge in [0, 0.05) is 11.8 Å². The molecular formula is C16H25NO2S2. The van der Waals surface area contributed by atoms with E-state index in [0.717, 1.165) is 12.5 Å². The van der Waals surface area contributed by atoms with Crippen LogP contribution in [0.4, 0.5) is 0 Å². The van der Waals surface area contributed by atoms with E-state index in [1.54, 1.807) is 16.9 Å². The third-order valence-electron chi connectivity index (χ3n) is 4.87. The van der Waals surface area contributed by atoms with E-state index in [9.17, 15) is 9.90 Å². The minimum Gasteiger partial charge on any atom is -0.480 e. The third-order valence-corrected chi connectivity index (χ3v) is 7.78. The summed E-state index contributed by atoms with van der Waals surface area (Å²) >= 11 is 3.79. The standard InChI is InChI=1S/C16H25NO2S2/c1-2-13(16(18)19)17-10-15-14(21-17)9-12(20-15)8-11-6-4-3-5-7-11/h9,11,13-15H,2-8,10H2,1H3,(H,18,19). The molecule has 3 atom stereocenters. The SMILES string of the molecule is CCC(C(=O)O)N1CC2SC(CC3CCCCC3)=CC2S1. The molecule has 1 saturated heterocycles. The molecule has 1 saturated carbocycles. The van der Waals surface area contributed by atoms with Gasteiger partial charge in [-0.2, -0.15) is 0 Å². The van der Waals surface area contributed by atoms with Gasteiger partial charge in [-0.15, -0.1) is 11.8 Å². The van der Waals surface area contributed by atoms with Gasteiger partial charge in [-0.05, 0) is 23.7 Å². The van der Waals surface area contributed by atoms with Gasteiger partial charge in [-0.3, -0.25) is 4.79 Å². The van der Waals surface area contributed by atoms with Crippen molar-refractivity contribution in [1.29, 1.82) is 0 Å². The number of allylic oxidation sites excluding steroid dienone is 1. The average molecular weight is 328 g/mol. The molecule has 1 aliphatic carbocycles. The quantitative estimate of drug-likeness (QED) is 0.768. The van der Waals surface area contributed by atoms with Crippen LogP contribution in [0.2, 0.25) is 0 Å². The van der Waals surface area contributed by atoms with E-state index in [2.05, 4.69) is 10.4 Å². The summed E-state index contributed by atoms with van der Waals surface area (Å²) in [6, 6.07) is -0.323. The van der Waals surface area contributed by atoms with Crippen molar-refractivity contribution in [2.45, 2.75) is 68.4 Å². The van der Waals surface area contributed by atoms with E-state index in [1.165, 1.54) is 38.5 Å². The van der Waals surface area contributed by atoms with Gasteiger partial charge >= 0.3 is 5.97 Å². The summed E-state index contributed by atoms with van der Waals surface area (Å²) in [6.45, 7) is 2.88. The number of carbonyl (C=O) groups is 1. The smallest absolute Gasteiger partial charge is 0.321 e. The highest BCUT2D eigenvalue weighted by molar-refractivity contribution is 8.06. The van der Waals surface area contributed by atoms with Crippen molar-refractivity contribution in [3.8, 4) is 0 Å². The van der Waals surface area contributed by atoms with E-state index in [4.69, 9.17) is 0 Å². The second kappa shape index (κ2) is 6.97. The molecule has 0 amide bonds. The predicted octanol–water partition coefficient (Wildman–Crippen LogP) is 4.15. The molecule has 0 aromatic rings. The Balaban J connectivity index is 1.54. The maximum absolute atomic E-state index is 11.3. The van der Waals surface area contributed by atoms with Crippen LogP contribution in [-0.2, 0) is 4.79 Å². The lowest BCUT2D eigenvalue weighted by Crippen LogP contribution is -2.35. The molecule has 118 valence electrons. The van der Waals surface area contributed by atoms with E-state index in [-0.39, 0.29) is 6.04 Å². The number of fused-ring (bicyclic) bond motifs is 1. The van der Waals surface area contributed by atoms with Crippen LogP contribution in [-0.4, -0.2) is 38.5 Å². The molecule has 0 radical (unpaired) electrons. The molecule has 5 heteroatoms. The molecule has 3 aliphatic rings. The van der Waals surface area contributed by atoms with Gasteiger partial charge < -0.3 is 5.11 Å². The zero-order valence-electron chi connectivity index (χ0n) is 12.7. The van der Waals surface area contributed by atoms with Crippen molar-refractivity contribution in [3.63, 3.8) is 0 Å². The Morgan fingerprint density at radius 1 is 1.43 bits per heavy atom. The van der Waals surface area contributed by atoms with Crippen LogP contribution in [0.3, 0.4) is 0 Å². The summed E-state index contributed by atoms with van der Waals surface area (Å²) in [7, 11) is 0. The third kappa shape index (κ3) is 3.62. The Labute approximate surface area is 136 Å². The van der Waals surface area contributed by atoms with Crippen molar-refractivity contribution in [2.24, 2.45) is 5.92 Å². The van der Waals surface area contributed by atoms with Crippen molar-refractivity contribution in [1.82, 2.24) is 4.31 Å². The topological polar surface area (TPSA) is 40.5 Å². The van der Waals surface area contributed by atoms with E-state index in [0.29, 0.717) is 16.9 Å². The van der Waals surface area contributed by atoms with Gasteiger partial charge in [-0.1, -0.05) is 57.1 Å². The molecule has 2 aliphatic heterocycles. The summed E-state index contributed by atoms with van der Waals surface area (Å²) in [5, 5.41) is 10.4. The number of hydrogen-bond acceptors (Lipinski definition) is 4. The summed E-state index contributed by atoms with van der Waals surface area (Å²) in [4.78, 5) is 12.9. The first-order valence-corrected chi connectivity index (χ1v) is 9.92. The lowest BCUT2D eigenvalue weighted by atomic mass is 9.87. The Morgan fingerprint density at radius 2 is 2.19 bits per heavy atom. The molecule has 21 heavy (non-hydrogen) atoms.